The van der Waals surface area contributed by atoms with Crippen LogP contribution in [0.1, 0.15) is 28.8 Å². The SMILES string of the molecule is CCO[C@@H]1CN(C)C[C@H]1NC(=O)c1oc(COc2ccccc2)cc1C. The summed E-state index contributed by atoms with van der Waals surface area (Å²) in [5, 5.41) is 3.05. The summed E-state index contributed by atoms with van der Waals surface area (Å²) in [4.78, 5) is 14.8. The Balaban J connectivity index is 1.61. The van der Waals surface area contributed by atoms with Gasteiger partial charge in [-0.2, -0.15) is 0 Å². The average molecular weight is 358 g/mol. The first-order chi connectivity index (χ1) is 12.6. The number of likely N-dealkylation sites (N-methyl/N-ethyl adjacent to an activating group) is 1. The Kier molecular flexibility index (Phi) is 5.96. The highest BCUT2D eigenvalue weighted by Gasteiger charge is 2.33. The van der Waals surface area contributed by atoms with E-state index in [4.69, 9.17) is 13.9 Å². The third-order valence-corrected chi connectivity index (χ3v) is 4.45. The van der Waals surface area contributed by atoms with Crippen molar-refractivity contribution in [3.8, 4) is 5.75 Å². The summed E-state index contributed by atoms with van der Waals surface area (Å²) in [5.74, 6) is 1.52. The standard InChI is InChI=1S/C20H26N2O4/c1-4-24-18-12-22(3)11-17(18)21-20(23)19-14(2)10-16(26-19)13-25-15-8-6-5-7-9-15/h5-10,17-18H,4,11-13H2,1-3H3,(H,21,23)/t17-,18-/m1/s1. The van der Waals surface area contributed by atoms with Crippen LogP contribution in [0.4, 0.5) is 0 Å². The molecule has 0 bridgehead atoms. The number of benzene rings is 1. The second-order valence-corrected chi connectivity index (χ2v) is 6.62. The molecule has 0 spiro atoms. The number of carbonyl (C=O) groups is 1. The summed E-state index contributed by atoms with van der Waals surface area (Å²) in [6.45, 7) is 6.32. The molecule has 1 aromatic heterocycles. The highest BCUT2D eigenvalue weighted by atomic mass is 16.5. The van der Waals surface area contributed by atoms with Crippen molar-refractivity contribution in [2.24, 2.45) is 0 Å². The Labute approximate surface area is 154 Å². The van der Waals surface area contributed by atoms with E-state index in [0.29, 0.717) is 18.1 Å². The van der Waals surface area contributed by atoms with E-state index in [9.17, 15) is 4.79 Å². The Morgan fingerprint density at radius 2 is 2.08 bits per heavy atom. The number of furan rings is 1. The van der Waals surface area contributed by atoms with Crippen LogP contribution >= 0.6 is 0 Å². The third kappa shape index (κ3) is 4.45. The maximum Gasteiger partial charge on any atom is 0.287 e. The number of hydrogen-bond donors (Lipinski definition) is 1. The van der Waals surface area contributed by atoms with Crippen LogP contribution in [0.5, 0.6) is 5.75 Å². The van der Waals surface area contributed by atoms with Gasteiger partial charge in [0.15, 0.2) is 5.76 Å². The lowest BCUT2D eigenvalue weighted by Crippen LogP contribution is -2.44. The average Bonchev–Trinajstić information content (AvgIpc) is 3.16. The lowest BCUT2D eigenvalue weighted by atomic mass is 10.2. The van der Waals surface area contributed by atoms with Gasteiger partial charge in [0, 0.05) is 25.3 Å². The van der Waals surface area contributed by atoms with Gasteiger partial charge < -0.3 is 24.1 Å². The van der Waals surface area contributed by atoms with Gasteiger partial charge in [-0.05, 0) is 39.1 Å². The minimum absolute atomic E-state index is 0.00472. The molecule has 26 heavy (non-hydrogen) atoms. The number of aryl methyl sites for hydroxylation is 1. The first-order valence-electron chi connectivity index (χ1n) is 8.95. The molecule has 1 N–H and O–H groups in total. The second-order valence-electron chi connectivity index (χ2n) is 6.62. The van der Waals surface area contributed by atoms with Gasteiger partial charge in [0.2, 0.25) is 0 Å². The molecular weight excluding hydrogens is 332 g/mol. The zero-order chi connectivity index (χ0) is 18.5. The summed E-state index contributed by atoms with van der Waals surface area (Å²) in [5.41, 5.74) is 0.800. The predicted octanol–water partition coefficient (Wildman–Crippen LogP) is 2.62. The molecule has 2 heterocycles. The topological polar surface area (TPSA) is 63.9 Å². The van der Waals surface area contributed by atoms with E-state index in [-0.39, 0.29) is 24.7 Å². The minimum atomic E-state index is -0.210. The maximum absolute atomic E-state index is 12.6. The molecule has 0 aliphatic carbocycles. The van der Waals surface area contributed by atoms with Gasteiger partial charge >= 0.3 is 0 Å². The lowest BCUT2D eigenvalue weighted by molar-refractivity contribution is 0.0506. The quantitative estimate of drug-likeness (QED) is 0.824. The number of nitrogens with zero attached hydrogens (tertiary/aromatic N) is 1. The van der Waals surface area contributed by atoms with Gasteiger partial charge in [0.25, 0.3) is 5.91 Å². The van der Waals surface area contributed by atoms with Gasteiger partial charge in [-0.15, -0.1) is 0 Å². The van der Waals surface area contributed by atoms with Crippen molar-refractivity contribution in [1.29, 1.82) is 0 Å². The highest BCUT2D eigenvalue weighted by molar-refractivity contribution is 5.93. The molecule has 0 radical (unpaired) electrons. The molecule has 1 aliphatic rings. The Hall–Kier alpha value is -2.31. The Morgan fingerprint density at radius 1 is 1.31 bits per heavy atom. The van der Waals surface area contributed by atoms with Crippen molar-refractivity contribution in [3.05, 3.63) is 53.5 Å². The molecule has 1 fully saturated rings. The number of carbonyl (C=O) groups excluding carboxylic acids is 1. The second kappa shape index (κ2) is 8.38. The largest absolute Gasteiger partial charge is 0.486 e. The number of hydrogen-bond acceptors (Lipinski definition) is 5. The van der Waals surface area contributed by atoms with Gasteiger partial charge in [-0.1, -0.05) is 18.2 Å². The molecule has 2 aromatic rings. The smallest absolute Gasteiger partial charge is 0.287 e. The molecule has 0 unspecified atom stereocenters. The van der Waals surface area contributed by atoms with E-state index in [0.717, 1.165) is 24.4 Å². The summed E-state index contributed by atoms with van der Waals surface area (Å²) >= 11 is 0. The number of amides is 1. The van der Waals surface area contributed by atoms with E-state index in [2.05, 4.69) is 10.2 Å². The van der Waals surface area contributed by atoms with E-state index in [1.165, 1.54) is 0 Å². The summed E-state index contributed by atoms with van der Waals surface area (Å²) in [6.07, 6.45) is 0.00472. The van der Waals surface area contributed by atoms with E-state index in [1.807, 2.05) is 57.3 Å². The van der Waals surface area contributed by atoms with E-state index >= 15 is 0 Å². The molecule has 3 rings (SSSR count). The van der Waals surface area contributed by atoms with E-state index in [1.54, 1.807) is 0 Å². The van der Waals surface area contributed by atoms with Gasteiger partial charge in [-0.25, -0.2) is 0 Å². The zero-order valence-corrected chi connectivity index (χ0v) is 15.5. The molecule has 2 atom stereocenters. The molecule has 1 aliphatic heterocycles. The normalized spacial score (nSPS) is 20.3. The third-order valence-electron chi connectivity index (χ3n) is 4.45. The van der Waals surface area contributed by atoms with Gasteiger partial charge in [0.05, 0.1) is 12.1 Å². The van der Waals surface area contributed by atoms with Crippen LogP contribution < -0.4 is 10.1 Å². The molecule has 1 saturated heterocycles. The van der Waals surface area contributed by atoms with Crippen LogP contribution in [0, 0.1) is 6.92 Å². The van der Waals surface area contributed by atoms with E-state index < -0.39 is 0 Å². The van der Waals surface area contributed by atoms with Crippen molar-refractivity contribution in [1.82, 2.24) is 10.2 Å². The van der Waals surface area contributed by atoms with Gasteiger partial charge in [-0.3, -0.25) is 4.79 Å². The fourth-order valence-electron chi connectivity index (χ4n) is 3.23. The maximum atomic E-state index is 12.6. The number of ether oxygens (including phenoxy) is 2. The Bertz CT molecular complexity index is 729. The fourth-order valence-corrected chi connectivity index (χ4v) is 3.23. The van der Waals surface area contributed by atoms with Crippen LogP contribution in [0.15, 0.2) is 40.8 Å². The molecule has 1 aromatic carbocycles. The van der Waals surface area contributed by atoms with Crippen LogP contribution in [0.25, 0.3) is 0 Å². The van der Waals surface area contributed by atoms with Crippen molar-refractivity contribution in [2.75, 3.05) is 26.7 Å². The van der Waals surface area contributed by atoms with Gasteiger partial charge in [0.1, 0.15) is 18.1 Å². The highest BCUT2D eigenvalue weighted by Crippen LogP contribution is 2.19. The van der Waals surface area contributed by atoms with Crippen LogP contribution in [-0.4, -0.2) is 49.7 Å². The number of likely N-dealkylation sites (tertiary alicyclic amines) is 1. The molecule has 6 heteroatoms. The molecular formula is C20H26N2O4. The van der Waals surface area contributed by atoms with Crippen LogP contribution in [0.2, 0.25) is 0 Å². The predicted molar refractivity (Wildman–Crippen MR) is 98.4 cm³/mol. The summed E-state index contributed by atoms with van der Waals surface area (Å²) in [6, 6.07) is 11.3. The van der Waals surface area contributed by atoms with Crippen molar-refractivity contribution in [3.63, 3.8) is 0 Å². The first-order valence-corrected chi connectivity index (χ1v) is 8.95. The Morgan fingerprint density at radius 3 is 2.81 bits per heavy atom. The number of rotatable bonds is 7. The van der Waals surface area contributed by atoms with Crippen molar-refractivity contribution in [2.45, 2.75) is 32.6 Å². The number of para-hydroxylation sites is 1. The molecule has 1 amide bonds. The van der Waals surface area contributed by atoms with Crippen molar-refractivity contribution < 1.29 is 18.7 Å². The number of nitrogens with one attached hydrogen (secondary N) is 1. The van der Waals surface area contributed by atoms with Crippen molar-refractivity contribution >= 4 is 5.91 Å². The summed E-state index contributed by atoms with van der Waals surface area (Å²) in [7, 11) is 2.02. The first kappa shape index (κ1) is 18.5. The minimum Gasteiger partial charge on any atom is -0.486 e. The molecule has 140 valence electrons. The lowest BCUT2D eigenvalue weighted by Gasteiger charge is -2.19. The summed E-state index contributed by atoms with van der Waals surface area (Å²) < 4.78 is 17.2. The fraction of sp³-hybridized carbons (Fsp3) is 0.450. The molecule has 6 nitrogen and oxygen atoms in total. The molecule has 0 saturated carbocycles. The zero-order valence-electron chi connectivity index (χ0n) is 15.5. The van der Waals surface area contributed by atoms with Crippen LogP contribution in [0.3, 0.4) is 0 Å². The van der Waals surface area contributed by atoms with Crippen LogP contribution in [-0.2, 0) is 11.3 Å². The monoisotopic (exact) mass is 358 g/mol.